The predicted octanol–water partition coefficient (Wildman–Crippen LogP) is 0.963. The number of ether oxygens (including phenoxy) is 1. The summed E-state index contributed by atoms with van der Waals surface area (Å²) < 4.78 is 5.13. The normalized spacial score (nSPS) is 10.0. The molecule has 0 heterocycles. The van der Waals surface area contributed by atoms with Crippen molar-refractivity contribution in [3.8, 4) is 5.75 Å². The quantitative estimate of drug-likeness (QED) is 0.693. The zero-order valence-corrected chi connectivity index (χ0v) is 10.5. The molecule has 0 aliphatic carbocycles. The number of methoxy groups -OCH3 is 1. The van der Waals surface area contributed by atoms with Crippen molar-refractivity contribution in [2.24, 2.45) is 0 Å². The summed E-state index contributed by atoms with van der Waals surface area (Å²) in [5.74, 6) is 0.918. The fraction of sp³-hybridized carbons (Fsp3) is 0.462. The summed E-state index contributed by atoms with van der Waals surface area (Å²) >= 11 is 0. The Kier molecular flexibility index (Phi) is 6.10. The number of nitrogens with one attached hydrogen (secondary N) is 2. The molecular formula is C13H20N2O2. The van der Waals surface area contributed by atoms with Crippen LogP contribution in [0.2, 0.25) is 0 Å². The number of carbonyl (C=O) groups excluding carboxylic acids is 1. The van der Waals surface area contributed by atoms with E-state index < -0.39 is 0 Å². The third kappa shape index (κ3) is 5.36. The molecule has 1 rings (SSSR count). The highest BCUT2D eigenvalue weighted by atomic mass is 16.5. The van der Waals surface area contributed by atoms with Crippen molar-refractivity contribution in [3.63, 3.8) is 0 Å². The van der Waals surface area contributed by atoms with Gasteiger partial charge in [0.05, 0.1) is 7.11 Å². The summed E-state index contributed by atoms with van der Waals surface area (Å²) in [6, 6.07) is 7.80. The molecule has 0 saturated carbocycles. The molecule has 0 radical (unpaired) electrons. The minimum atomic E-state index is 0.0862. The molecule has 0 fully saturated rings. The molecule has 0 aliphatic heterocycles. The largest absolute Gasteiger partial charge is 0.497 e. The van der Waals surface area contributed by atoms with Crippen LogP contribution >= 0.6 is 0 Å². The number of aryl methyl sites for hydroxylation is 1. The van der Waals surface area contributed by atoms with Crippen molar-refractivity contribution in [1.82, 2.24) is 10.6 Å². The molecule has 0 atom stereocenters. The fourth-order valence-corrected chi connectivity index (χ4v) is 1.50. The summed E-state index contributed by atoms with van der Waals surface area (Å²) in [6.45, 7) is 1.47. The maximum Gasteiger partial charge on any atom is 0.220 e. The van der Waals surface area contributed by atoms with Gasteiger partial charge in [0.1, 0.15) is 5.75 Å². The van der Waals surface area contributed by atoms with Crippen LogP contribution in [-0.2, 0) is 11.2 Å². The molecular weight excluding hydrogens is 216 g/mol. The molecule has 0 saturated heterocycles. The minimum absolute atomic E-state index is 0.0862. The Labute approximate surface area is 102 Å². The van der Waals surface area contributed by atoms with Gasteiger partial charge in [0.25, 0.3) is 0 Å². The second-order valence-electron chi connectivity index (χ2n) is 3.81. The van der Waals surface area contributed by atoms with Gasteiger partial charge in [-0.2, -0.15) is 0 Å². The Morgan fingerprint density at radius 2 is 2.18 bits per heavy atom. The van der Waals surface area contributed by atoms with E-state index in [4.69, 9.17) is 4.74 Å². The molecule has 0 spiro atoms. The van der Waals surface area contributed by atoms with Gasteiger partial charge >= 0.3 is 0 Å². The van der Waals surface area contributed by atoms with Gasteiger partial charge in [-0.3, -0.25) is 4.79 Å². The summed E-state index contributed by atoms with van der Waals surface area (Å²) in [6.07, 6.45) is 1.25. The van der Waals surface area contributed by atoms with Gasteiger partial charge in [0.2, 0.25) is 5.91 Å². The number of hydrogen-bond acceptors (Lipinski definition) is 3. The van der Waals surface area contributed by atoms with Crippen molar-refractivity contribution in [1.29, 1.82) is 0 Å². The van der Waals surface area contributed by atoms with Crippen molar-refractivity contribution in [2.75, 3.05) is 27.2 Å². The monoisotopic (exact) mass is 236 g/mol. The molecule has 0 aliphatic rings. The average Bonchev–Trinajstić information content (AvgIpc) is 2.37. The summed E-state index contributed by atoms with van der Waals surface area (Å²) in [5.41, 5.74) is 1.12. The van der Waals surface area contributed by atoms with E-state index >= 15 is 0 Å². The molecule has 94 valence electrons. The molecule has 0 unspecified atom stereocenters. The van der Waals surface area contributed by atoms with Crippen LogP contribution < -0.4 is 15.4 Å². The number of rotatable bonds is 7. The number of hydrogen-bond donors (Lipinski definition) is 2. The van der Waals surface area contributed by atoms with Crippen molar-refractivity contribution < 1.29 is 9.53 Å². The van der Waals surface area contributed by atoms with Crippen LogP contribution in [0.1, 0.15) is 12.0 Å². The first-order valence-electron chi connectivity index (χ1n) is 5.80. The zero-order valence-electron chi connectivity index (χ0n) is 10.5. The van der Waals surface area contributed by atoms with Crippen molar-refractivity contribution in [2.45, 2.75) is 12.8 Å². The highest BCUT2D eigenvalue weighted by molar-refractivity contribution is 5.76. The first-order chi connectivity index (χ1) is 8.26. The summed E-state index contributed by atoms with van der Waals surface area (Å²) in [5, 5.41) is 5.83. The van der Waals surface area contributed by atoms with E-state index in [-0.39, 0.29) is 5.91 Å². The van der Waals surface area contributed by atoms with E-state index in [2.05, 4.69) is 10.6 Å². The number of carbonyl (C=O) groups is 1. The molecule has 4 heteroatoms. The molecule has 17 heavy (non-hydrogen) atoms. The van der Waals surface area contributed by atoms with Gasteiger partial charge in [0, 0.05) is 19.5 Å². The molecule has 2 N–H and O–H groups in total. The van der Waals surface area contributed by atoms with E-state index in [9.17, 15) is 4.79 Å². The number of benzene rings is 1. The second kappa shape index (κ2) is 7.68. The Morgan fingerprint density at radius 3 is 2.88 bits per heavy atom. The zero-order chi connectivity index (χ0) is 12.5. The third-order valence-corrected chi connectivity index (χ3v) is 2.47. The molecule has 4 nitrogen and oxygen atoms in total. The van der Waals surface area contributed by atoms with E-state index in [0.29, 0.717) is 13.0 Å². The van der Waals surface area contributed by atoms with Crippen LogP contribution in [0.4, 0.5) is 0 Å². The molecule has 0 bridgehead atoms. The maximum absolute atomic E-state index is 11.5. The summed E-state index contributed by atoms with van der Waals surface area (Å²) in [4.78, 5) is 11.5. The van der Waals surface area contributed by atoms with Crippen LogP contribution in [-0.4, -0.2) is 33.2 Å². The lowest BCUT2D eigenvalue weighted by molar-refractivity contribution is -0.121. The predicted molar refractivity (Wildman–Crippen MR) is 68.3 cm³/mol. The van der Waals surface area contributed by atoms with E-state index in [0.717, 1.165) is 24.3 Å². The van der Waals surface area contributed by atoms with Gasteiger partial charge in [-0.05, 0) is 31.2 Å². The number of amides is 1. The van der Waals surface area contributed by atoms with Crippen LogP contribution in [0.25, 0.3) is 0 Å². The lowest BCUT2D eigenvalue weighted by Crippen LogP contribution is -2.30. The Hall–Kier alpha value is -1.55. The Morgan fingerprint density at radius 1 is 1.35 bits per heavy atom. The first-order valence-corrected chi connectivity index (χ1v) is 5.80. The maximum atomic E-state index is 11.5. The van der Waals surface area contributed by atoms with Crippen LogP contribution in [0.3, 0.4) is 0 Å². The van der Waals surface area contributed by atoms with Crippen LogP contribution in [0.15, 0.2) is 24.3 Å². The SMILES string of the molecule is CNCCNC(=O)CCc1cccc(OC)c1. The van der Waals surface area contributed by atoms with Crippen molar-refractivity contribution in [3.05, 3.63) is 29.8 Å². The van der Waals surface area contributed by atoms with E-state index in [1.807, 2.05) is 31.3 Å². The minimum Gasteiger partial charge on any atom is -0.497 e. The molecule has 0 aromatic heterocycles. The second-order valence-corrected chi connectivity index (χ2v) is 3.81. The smallest absolute Gasteiger partial charge is 0.220 e. The average molecular weight is 236 g/mol. The van der Waals surface area contributed by atoms with Gasteiger partial charge in [-0.25, -0.2) is 0 Å². The van der Waals surface area contributed by atoms with Gasteiger partial charge in [-0.15, -0.1) is 0 Å². The molecule has 1 amide bonds. The molecule has 1 aromatic rings. The number of likely N-dealkylation sites (N-methyl/N-ethyl adjacent to an activating group) is 1. The molecule has 1 aromatic carbocycles. The highest BCUT2D eigenvalue weighted by Crippen LogP contribution is 2.13. The van der Waals surface area contributed by atoms with Crippen LogP contribution in [0.5, 0.6) is 5.75 Å². The summed E-state index contributed by atoms with van der Waals surface area (Å²) in [7, 11) is 3.51. The third-order valence-electron chi connectivity index (χ3n) is 2.47. The van der Waals surface area contributed by atoms with E-state index in [1.165, 1.54) is 0 Å². The Balaban J connectivity index is 2.31. The first kappa shape index (κ1) is 13.5. The van der Waals surface area contributed by atoms with Crippen molar-refractivity contribution >= 4 is 5.91 Å². The topological polar surface area (TPSA) is 50.4 Å². The van der Waals surface area contributed by atoms with Crippen LogP contribution in [0, 0.1) is 0 Å². The Bertz CT molecular complexity index is 353. The lowest BCUT2D eigenvalue weighted by atomic mass is 10.1. The fourth-order valence-electron chi connectivity index (χ4n) is 1.50. The van der Waals surface area contributed by atoms with Gasteiger partial charge in [0.15, 0.2) is 0 Å². The highest BCUT2D eigenvalue weighted by Gasteiger charge is 2.02. The standard InChI is InChI=1S/C13H20N2O2/c1-14-8-9-15-13(16)7-6-11-4-3-5-12(10-11)17-2/h3-5,10,14H,6-9H2,1-2H3,(H,15,16). The van der Waals surface area contributed by atoms with Gasteiger partial charge in [-0.1, -0.05) is 12.1 Å². The van der Waals surface area contributed by atoms with E-state index in [1.54, 1.807) is 7.11 Å². The lowest BCUT2D eigenvalue weighted by Gasteiger charge is -2.06. The van der Waals surface area contributed by atoms with Gasteiger partial charge < -0.3 is 15.4 Å².